The molecule has 1 saturated heterocycles. The summed E-state index contributed by atoms with van der Waals surface area (Å²) in [5.41, 5.74) is 2.04. The lowest BCUT2D eigenvalue weighted by atomic mass is 9.77. The Morgan fingerprint density at radius 2 is 1.89 bits per heavy atom. The lowest BCUT2D eigenvalue weighted by Crippen LogP contribution is -2.47. The van der Waals surface area contributed by atoms with Crippen LogP contribution < -0.4 is 0 Å². The molecule has 27 heavy (non-hydrogen) atoms. The molecule has 2 aromatic heterocycles. The van der Waals surface area contributed by atoms with Crippen LogP contribution in [0.4, 0.5) is 13.2 Å². The van der Waals surface area contributed by atoms with Gasteiger partial charge in [-0.3, -0.25) is 4.79 Å². The minimum Gasteiger partial charge on any atom is -0.346 e. The molecule has 0 radical (unpaired) electrons. The van der Waals surface area contributed by atoms with Gasteiger partial charge >= 0.3 is 6.18 Å². The second-order valence-electron chi connectivity index (χ2n) is 7.78. The third kappa shape index (κ3) is 3.56. The molecule has 2 fully saturated rings. The van der Waals surface area contributed by atoms with E-state index in [-0.39, 0.29) is 12.3 Å². The molecule has 0 spiro atoms. The quantitative estimate of drug-likeness (QED) is 0.827. The van der Waals surface area contributed by atoms with Crippen LogP contribution in [0.3, 0.4) is 0 Å². The predicted octanol–water partition coefficient (Wildman–Crippen LogP) is 4.64. The molecule has 2 atom stereocenters. The summed E-state index contributed by atoms with van der Waals surface area (Å²) in [6, 6.07) is 3.93. The summed E-state index contributed by atoms with van der Waals surface area (Å²) >= 11 is 0. The number of carbonyl (C=O) groups excluding carboxylic acids is 1. The zero-order valence-corrected chi connectivity index (χ0v) is 15.1. The van der Waals surface area contributed by atoms with E-state index in [0.717, 1.165) is 23.9 Å². The van der Waals surface area contributed by atoms with Crippen molar-refractivity contribution in [2.24, 2.45) is 11.8 Å². The van der Waals surface area contributed by atoms with Crippen molar-refractivity contribution in [1.29, 1.82) is 0 Å². The Labute approximate surface area is 156 Å². The van der Waals surface area contributed by atoms with Crippen molar-refractivity contribution >= 4 is 16.9 Å². The summed E-state index contributed by atoms with van der Waals surface area (Å²) in [5.74, 6) is -2.36. The average molecular weight is 379 g/mol. The maximum absolute atomic E-state index is 13.3. The Morgan fingerprint density at radius 1 is 1.15 bits per heavy atom. The van der Waals surface area contributed by atoms with Gasteiger partial charge in [0.15, 0.2) is 0 Å². The highest BCUT2D eigenvalue weighted by Gasteiger charge is 2.49. The van der Waals surface area contributed by atoms with Crippen molar-refractivity contribution in [1.82, 2.24) is 14.9 Å². The number of aromatic nitrogens is 2. The number of nitrogens with zero attached hydrogens (tertiary/aromatic N) is 2. The number of hydrogen-bond acceptors (Lipinski definition) is 2. The lowest BCUT2D eigenvalue weighted by molar-refractivity contribution is -0.201. The molecule has 7 heteroatoms. The summed E-state index contributed by atoms with van der Waals surface area (Å²) < 4.78 is 40.0. The summed E-state index contributed by atoms with van der Waals surface area (Å²) in [5, 5.41) is 1.09. The Kier molecular flexibility index (Phi) is 4.86. The lowest BCUT2D eigenvalue weighted by Gasteiger charge is -2.38. The normalized spacial score (nSPS) is 25.1. The molecule has 3 heterocycles. The third-order valence-corrected chi connectivity index (χ3v) is 6.23. The largest absolute Gasteiger partial charge is 0.392 e. The summed E-state index contributed by atoms with van der Waals surface area (Å²) in [6.45, 7) is 1.05. The van der Waals surface area contributed by atoms with Gasteiger partial charge in [-0.25, -0.2) is 4.98 Å². The number of nitrogens with one attached hydrogen (secondary N) is 1. The molecule has 0 unspecified atom stereocenters. The highest BCUT2D eigenvalue weighted by Crippen LogP contribution is 2.43. The van der Waals surface area contributed by atoms with Crippen LogP contribution in [-0.2, 0) is 4.79 Å². The first-order chi connectivity index (χ1) is 12.9. The van der Waals surface area contributed by atoms with Crippen molar-refractivity contribution in [3.05, 3.63) is 30.1 Å². The smallest absolute Gasteiger partial charge is 0.346 e. The van der Waals surface area contributed by atoms with Gasteiger partial charge in [0.1, 0.15) is 5.65 Å². The van der Waals surface area contributed by atoms with Crippen molar-refractivity contribution < 1.29 is 18.0 Å². The van der Waals surface area contributed by atoms with Crippen molar-refractivity contribution in [2.75, 3.05) is 13.1 Å². The minimum atomic E-state index is -4.28. The van der Waals surface area contributed by atoms with Crippen LogP contribution in [0.1, 0.15) is 50.0 Å². The van der Waals surface area contributed by atoms with Gasteiger partial charge in [-0.2, -0.15) is 13.2 Å². The Hall–Kier alpha value is -2.05. The number of fused-ring (bicyclic) bond motifs is 1. The van der Waals surface area contributed by atoms with Crippen LogP contribution in [0.25, 0.3) is 11.0 Å². The maximum atomic E-state index is 13.3. The number of aromatic amines is 1. The Bertz CT molecular complexity index is 808. The fraction of sp³-hybridized carbons (Fsp3) is 0.600. The van der Waals surface area contributed by atoms with Crippen LogP contribution >= 0.6 is 0 Å². The number of alkyl halides is 3. The number of likely N-dealkylation sites (tertiary alicyclic amines) is 1. The summed E-state index contributed by atoms with van der Waals surface area (Å²) in [4.78, 5) is 22.0. The molecule has 1 N–H and O–H groups in total. The number of halogens is 3. The topological polar surface area (TPSA) is 49.0 Å². The molecule has 1 amide bonds. The van der Waals surface area contributed by atoms with E-state index in [0.29, 0.717) is 38.3 Å². The van der Waals surface area contributed by atoms with Crippen LogP contribution in [-0.4, -0.2) is 40.0 Å². The van der Waals surface area contributed by atoms with E-state index in [9.17, 15) is 18.0 Å². The van der Waals surface area contributed by atoms with Gasteiger partial charge in [-0.05, 0) is 49.3 Å². The molecule has 4 rings (SSSR count). The zero-order chi connectivity index (χ0) is 19.0. The number of carbonyl (C=O) groups is 1. The second kappa shape index (κ2) is 7.17. The first-order valence-electron chi connectivity index (χ1n) is 9.72. The highest BCUT2D eigenvalue weighted by molar-refractivity contribution is 5.81. The average Bonchev–Trinajstić information content (AvgIpc) is 3.11. The third-order valence-electron chi connectivity index (χ3n) is 6.23. The number of hydrogen-bond donors (Lipinski definition) is 1. The zero-order valence-electron chi connectivity index (χ0n) is 15.1. The van der Waals surface area contributed by atoms with Gasteiger partial charge in [0, 0.05) is 36.8 Å². The molecule has 146 valence electrons. The van der Waals surface area contributed by atoms with E-state index < -0.39 is 18.0 Å². The number of H-pyrrole nitrogens is 1. The molecule has 2 aliphatic rings. The Morgan fingerprint density at radius 3 is 2.63 bits per heavy atom. The number of piperidine rings is 1. The SMILES string of the molecule is O=C([C@@H]1CCCC[C@@H]1C(F)(F)F)N1CCC(c2c[nH]c3ncccc23)CC1. The van der Waals surface area contributed by atoms with Gasteiger partial charge < -0.3 is 9.88 Å². The summed E-state index contributed by atoms with van der Waals surface area (Å²) in [7, 11) is 0. The van der Waals surface area contributed by atoms with Crippen molar-refractivity contribution in [2.45, 2.75) is 50.6 Å². The van der Waals surface area contributed by atoms with E-state index in [1.54, 1.807) is 11.1 Å². The maximum Gasteiger partial charge on any atom is 0.392 e. The van der Waals surface area contributed by atoms with Crippen LogP contribution in [0, 0.1) is 11.8 Å². The van der Waals surface area contributed by atoms with E-state index in [2.05, 4.69) is 9.97 Å². The Balaban J connectivity index is 1.43. The number of rotatable bonds is 2. The van der Waals surface area contributed by atoms with Crippen LogP contribution in [0.5, 0.6) is 0 Å². The van der Waals surface area contributed by atoms with Gasteiger partial charge in [0.05, 0.1) is 5.92 Å². The van der Waals surface area contributed by atoms with E-state index >= 15 is 0 Å². The molecular formula is C20H24F3N3O. The molecule has 2 aromatic rings. The fourth-order valence-electron chi connectivity index (χ4n) is 4.78. The number of amides is 1. The fourth-order valence-corrected chi connectivity index (χ4v) is 4.78. The molecular weight excluding hydrogens is 355 g/mol. The van der Waals surface area contributed by atoms with E-state index in [4.69, 9.17) is 0 Å². The molecule has 4 nitrogen and oxygen atoms in total. The van der Waals surface area contributed by atoms with Crippen LogP contribution in [0.15, 0.2) is 24.5 Å². The van der Waals surface area contributed by atoms with E-state index in [1.165, 1.54) is 5.56 Å². The van der Waals surface area contributed by atoms with Gasteiger partial charge in [0.25, 0.3) is 0 Å². The number of pyridine rings is 1. The molecule has 0 bridgehead atoms. The van der Waals surface area contributed by atoms with Crippen molar-refractivity contribution in [3.8, 4) is 0 Å². The van der Waals surface area contributed by atoms with Gasteiger partial charge in [-0.1, -0.05) is 12.8 Å². The van der Waals surface area contributed by atoms with E-state index in [1.807, 2.05) is 18.3 Å². The summed E-state index contributed by atoms with van der Waals surface area (Å²) in [6.07, 6.45) is 2.69. The van der Waals surface area contributed by atoms with Gasteiger partial charge in [0.2, 0.25) is 5.91 Å². The first kappa shape index (κ1) is 18.3. The monoisotopic (exact) mass is 379 g/mol. The predicted molar refractivity (Wildman–Crippen MR) is 96.2 cm³/mol. The highest BCUT2D eigenvalue weighted by atomic mass is 19.4. The van der Waals surface area contributed by atoms with Gasteiger partial charge in [-0.15, -0.1) is 0 Å². The molecule has 1 saturated carbocycles. The van der Waals surface area contributed by atoms with Crippen LogP contribution in [0.2, 0.25) is 0 Å². The molecule has 1 aliphatic heterocycles. The molecule has 0 aromatic carbocycles. The second-order valence-corrected chi connectivity index (χ2v) is 7.78. The minimum absolute atomic E-state index is 0.0821. The first-order valence-corrected chi connectivity index (χ1v) is 9.72. The van der Waals surface area contributed by atoms with Crippen molar-refractivity contribution in [3.63, 3.8) is 0 Å². The molecule has 1 aliphatic carbocycles. The standard InChI is InChI=1S/C20H24F3N3O/c21-20(22,23)17-6-2-1-4-15(17)19(27)26-10-7-13(8-11-26)16-12-25-18-14(16)5-3-9-24-18/h3,5,9,12-13,15,17H,1-2,4,6-8,10-11H2,(H,24,25)/t15-,17+/m1/s1.